The number of phosphoric acid groups is 1. The average Bonchev–Trinajstić information content (AvgIpc) is 3.23. The minimum absolute atomic E-state index is 0.0316. The van der Waals surface area contributed by atoms with E-state index >= 15 is 0 Å². The van der Waals surface area contributed by atoms with Crippen LogP contribution in [0.25, 0.3) is 0 Å². The molecule has 0 rings (SSSR count). The van der Waals surface area contributed by atoms with Crippen LogP contribution in [0.5, 0.6) is 0 Å². The number of likely N-dealkylation sites (N-methyl/N-ethyl adjacent to an activating group) is 1. The Balaban J connectivity index is 4.17. The summed E-state index contributed by atoms with van der Waals surface area (Å²) in [7, 11) is 1.17. The zero-order valence-corrected chi connectivity index (χ0v) is 42.2. The Morgan fingerprint density at radius 3 is 1.31 bits per heavy atom. The number of hydrogen-bond donors (Lipinski definition) is 0. The van der Waals surface area contributed by atoms with Crippen LogP contribution in [0.1, 0.15) is 245 Å². The Hall–Kier alpha value is -1.51. The predicted octanol–water partition coefficient (Wildman–Crippen LogP) is 14.8. The fourth-order valence-corrected chi connectivity index (χ4v) is 8.12. The number of unbranched alkanes of at least 4 members (excludes halogenated alkanes) is 30. The minimum atomic E-state index is -4.63. The molecule has 0 aromatic carbocycles. The Morgan fingerprint density at radius 1 is 0.500 bits per heavy atom. The number of hydrogen-bond acceptors (Lipinski definition) is 8. The van der Waals surface area contributed by atoms with Crippen molar-refractivity contribution in [3.05, 3.63) is 24.3 Å². The molecule has 0 aliphatic heterocycles. The first-order valence-corrected chi connectivity index (χ1v) is 27.5. The molecule has 62 heavy (non-hydrogen) atoms. The second-order valence-electron chi connectivity index (χ2n) is 18.9. The maximum Gasteiger partial charge on any atom is 0.306 e. The van der Waals surface area contributed by atoms with Gasteiger partial charge in [-0.25, -0.2) is 0 Å². The van der Waals surface area contributed by atoms with Gasteiger partial charge >= 0.3 is 11.9 Å². The molecule has 0 spiro atoms. The van der Waals surface area contributed by atoms with Crippen LogP contribution in [-0.4, -0.2) is 70.0 Å². The van der Waals surface area contributed by atoms with Crippen molar-refractivity contribution in [3.8, 4) is 0 Å². The molecule has 0 fully saturated rings. The predicted molar refractivity (Wildman–Crippen MR) is 259 cm³/mol. The lowest BCUT2D eigenvalue weighted by Gasteiger charge is -2.28. The summed E-state index contributed by atoms with van der Waals surface area (Å²) >= 11 is 0. The van der Waals surface area contributed by atoms with E-state index in [9.17, 15) is 19.0 Å². The quantitative estimate of drug-likeness (QED) is 0.0195. The number of carbonyl (C=O) groups excluding carboxylic acids is 2. The van der Waals surface area contributed by atoms with E-state index in [0.29, 0.717) is 17.4 Å². The molecule has 366 valence electrons. The van der Waals surface area contributed by atoms with Gasteiger partial charge in [-0.15, -0.1) is 0 Å². The molecule has 0 N–H and O–H groups in total. The SMILES string of the molecule is CCCCC/C=C\C/C=C\CCCCCCCC(=O)OC(COC(=O)CCCCCCCCCCCCCCCCCCCCCCCCC)COP(=O)([O-])OCC[N+](C)(C)C. The van der Waals surface area contributed by atoms with Crippen molar-refractivity contribution in [2.45, 2.75) is 251 Å². The van der Waals surface area contributed by atoms with E-state index < -0.39 is 26.5 Å². The normalized spacial score (nSPS) is 13.6. The number of quaternary nitrogens is 1. The van der Waals surface area contributed by atoms with Crippen LogP contribution in [0.3, 0.4) is 0 Å². The molecule has 0 aromatic heterocycles. The fraction of sp³-hybridized carbons (Fsp3) is 0.885. The van der Waals surface area contributed by atoms with Crippen LogP contribution in [-0.2, 0) is 32.7 Å². The highest BCUT2D eigenvalue weighted by molar-refractivity contribution is 7.45. The molecule has 2 unspecified atom stereocenters. The van der Waals surface area contributed by atoms with E-state index in [0.717, 1.165) is 57.8 Å². The summed E-state index contributed by atoms with van der Waals surface area (Å²) < 4.78 is 34.0. The van der Waals surface area contributed by atoms with Gasteiger partial charge in [0.1, 0.15) is 19.8 Å². The number of carbonyl (C=O) groups is 2. The monoisotopic (exact) mass is 898 g/mol. The molecule has 0 aliphatic carbocycles. The van der Waals surface area contributed by atoms with Crippen molar-refractivity contribution in [2.75, 3.05) is 47.5 Å². The Bertz CT molecular complexity index is 1110. The lowest BCUT2D eigenvalue weighted by Crippen LogP contribution is -2.37. The lowest BCUT2D eigenvalue weighted by molar-refractivity contribution is -0.870. The summed E-state index contributed by atoms with van der Waals surface area (Å²) in [4.78, 5) is 37.7. The highest BCUT2D eigenvalue weighted by Gasteiger charge is 2.21. The van der Waals surface area contributed by atoms with Crippen LogP contribution in [0.15, 0.2) is 24.3 Å². The summed E-state index contributed by atoms with van der Waals surface area (Å²) in [6, 6.07) is 0. The summed E-state index contributed by atoms with van der Waals surface area (Å²) in [5.41, 5.74) is 0. The van der Waals surface area contributed by atoms with Gasteiger partial charge in [-0.2, -0.15) is 0 Å². The first-order chi connectivity index (χ1) is 30.0. The van der Waals surface area contributed by atoms with E-state index in [1.54, 1.807) is 0 Å². The topological polar surface area (TPSA) is 111 Å². The largest absolute Gasteiger partial charge is 0.756 e. The first-order valence-electron chi connectivity index (χ1n) is 26.0. The van der Waals surface area contributed by atoms with E-state index in [1.807, 2.05) is 21.1 Å². The Morgan fingerprint density at radius 2 is 0.871 bits per heavy atom. The third kappa shape index (κ3) is 48.0. The van der Waals surface area contributed by atoms with Crippen LogP contribution in [0, 0.1) is 0 Å². The fourth-order valence-electron chi connectivity index (χ4n) is 7.39. The molecule has 0 aromatic rings. The summed E-state index contributed by atoms with van der Waals surface area (Å²) in [6.07, 6.45) is 50.7. The van der Waals surface area contributed by atoms with Gasteiger partial charge in [0.2, 0.25) is 0 Å². The molecule has 2 atom stereocenters. The average molecular weight is 898 g/mol. The molecular weight excluding hydrogens is 798 g/mol. The molecule has 0 bridgehead atoms. The maximum absolute atomic E-state index is 12.7. The van der Waals surface area contributed by atoms with Gasteiger partial charge in [0, 0.05) is 12.8 Å². The molecule has 0 saturated heterocycles. The van der Waals surface area contributed by atoms with Crippen molar-refractivity contribution < 1.29 is 42.1 Å². The highest BCUT2D eigenvalue weighted by atomic mass is 31.2. The van der Waals surface area contributed by atoms with E-state index in [-0.39, 0.29) is 32.0 Å². The van der Waals surface area contributed by atoms with Crippen molar-refractivity contribution in [2.24, 2.45) is 0 Å². The van der Waals surface area contributed by atoms with E-state index in [1.165, 1.54) is 154 Å². The van der Waals surface area contributed by atoms with Crippen molar-refractivity contribution in [3.63, 3.8) is 0 Å². The molecule has 0 radical (unpaired) electrons. The molecule has 0 aliphatic rings. The van der Waals surface area contributed by atoms with Gasteiger partial charge < -0.3 is 27.9 Å². The smallest absolute Gasteiger partial charge is 0.306 e. The van der Waals surface area contributed by atoms with Crippen LogP contribution >= 0.6 is 7.82 Å². The van der Waals surface area contributed by atoms with Crippen molar-refractivity contribution >= 4 is 19.8 Å². The summed E-state index contributed by atoms with van der Waals surface area (Å²) in [5, 5.41) is 0. The van der Waals surface area contributed by atoms with Crippen LogP contribution < -0.4 is 4.89 Å². The zero-order chi connectivity index (χ0) is 45.7. The van der Waals surface area contributed by atoms with Crippen LogP contribution in [0.4, 0.5) is 0 Å². The number of nitrogens with zero attached hydrogens (tertiary/aromatic N) is 1. The number of rotatable bonds is 48. The summed E-state index contributed by atoms with van der Waals surface area (Å²) in [5.74, 6) is -0.838. The minimum Gasteiger partial charge on any atom is -0.756 e. The van der Waals surface area contributed by atoms with Gasteiger partial charge in [0.15, 0.2) is 6.10 Å². The highest BCUT2D eigenvalue weighted by Crippen LogP contribution is 2.38. The van der Waals surface area contributed by atoms with Crippen LogP contribution in [0.2, 0.25) is 0 Å². The third-order valence-corrected chi connectivity index (χ3v) is 12.4. The second kappa shape index (κ2) is 44.7. The van der Waals surface area contributed by atoms with E-state index in [2.05, 4.69) is 38.2 Å². The van der Waals surface area contributed by atoms with E-state index in [4.69, 9.17) is 18.5 Å². The Kier molecular flexibility index (Phi) is 43.6. The zero-order valence-electron chi connectivity index (χ0n) is 41.3. The number of esters is 2. The summed E-state index contributed by atoms with van der Waals surface area (Å²) in [6.45, 7) is 4.23. The number of ether oxygens (including phenoxy) is 2. The lowest BCUT2D eigenvalue weighted by atomic mass is 10.0. The molecular formula is C52H100NO8P. The van der Waals surface area contributed by atoms with Gasteiger partial charge in [-0.1, -0.05) is 212 Å². The van der Waals surface area contributed by atoms with Crippen molar-refractivity contribution in [1.29, 1.82) is 0 Å². The molecule has 0 amide bonds. The molecule has 9 nitrogen and oxygen atoms in total. The third-order valence-electron chi connectivity index (χ3n) is 11.5. The first kappa shape index (κ1) is 60.5. The Labute approximate surface area is 383 Å². The van der Waals surface area contributed by atoms with Gasteiger partial charge in [0.05, 0.1) is 27.7 Å². The van der Waals surface area contributed by atoms with Gasteiger partial charge in [-0.05, 0) is 44.9 Å². The number of allylic oxidation sites excluding steroid dienone is 4. The maximum atomic E-state index is 12.7. The second-order valence-corrected chi connectivity index (χ2v) is 20.3. The standard InChI is InChI=1S/C52H100NO8P/c1-6-8-10-12-14-16-18-20-22-23-24-25-26-27-28-29-31-32-34-36-38-40-42-44-51(54)58-48-50(49-60-62(56,57)59-47-46-53(3,4)5)61-52(55)45-43-41-39-37-35-33-30-21-19-17-15-13-11-9-7-2/h15,17,21,30,50H,6-14,16,18-20,22-29,31-49H2,1-5H3/b17-15-,30-21-. The van der Waals surface area contributed by atoms with Crippen molar-refractivity contribution in [1.82, 2.24) is 0 Å². The molecule has 0 saturated carbocycles. The molecule has 0 heterocycles. The number of phosphoric ester groups is 1. The van der Waals surface area contributed by atoms with Gasteiger partial charge in [-0.3, -0.25) is 14.2 Å². The van der Waals surface area contributed by atoms with Gasteiger partial charge in [0.25, 0.3) is 7.82 Å². The molecule has 10 heteroatoms.